The number of rotatable bonds is 6. The summed E-state index contributed by atoms with van der Waals surface area (Å²) in [6, 6.07) is 18.0. The molecule has 0 aliphatic heterocycles. The van der Waals surface area contributed by atoms with Crippen molar-refractivity contribution in [2.75, 3.05) is 15.4 Å². The molecule has 7 nitrogen and oxygen atoms in total. The number of aryl methyl sites for hydroxylation is 2. The van der Waals surface area contributed by atoms with Crippen molar-refractivity contribution in [1.29, 1.82) is 0 Å². The van der Waals surface area contributed by atoms with Crippen LogP contribution in [0.2, 0.25) is 0 Å². The SMILES string of the molecule is CC(=O)Nc1ccc(C)cc1NC(=O)c1ccc(S(=O)(=O)Nc2ccccc2C)cc1. The molecule has 0 saturated carbocycles. The van der Waals surface area contributed by atoms with Gasteiger partial charge in [0.2, 0.25) is 5.91 Å². The van der Waals surface area contributed by atoms with Gasteiger partial charge < -0.3 is 10.6 Å². The van der Waals surface area contributed by atoms with Crippen LogP contribution in [-0.2, 0) is 14.8 Å². The quantitative estimate of drug-likeness (QED) is 0.534. The molecule has 0 aliphatic rings. The highest BCUT2D eigenvalue weighted by atomic mass is 32.2. The first kappa shape index (κ1) is 22.0. The monoisotopic (exact) mass is 437 g/mol. The number of carbonyl (C=O) groups is 2. The Labute approximate surface area is 181 Å². The van der Waals surface area contributed by atoms with Crippen LogP contribution in [0.1, 0.15) is 28.4 Å². The summed E-state index contributed by atoms with van der Waals surface area (Å²) in [6.07, 6.45) is 0. The fourth-order valence-electron chi connectivity index (χ4n) is 2.93. The van der Waals surface area contributed by atoms with Crippen LogP contribution < -0.4 is 15.4 Å². The van der Waals surface area contributed by atoms with E-state index in [4.69, 9.17) is 0 Å². The highest BCUT2D eigenvalue weighted by molar-refractivity contribution is 7.92. The van der Waals surface area contributed by atoms with Crippen molar-refractivity contribution in [3.8, 4) is 0 Å². The first-order valence-corrected chi connectivity index (χ1v) is 11.0. The topological polar surface area (TPSA) is 104 Å². The Morgan fingerprint density at radius 1 is 0.774 bits per heavy atom. The molecule has 0 bridgehead atoms. The summed E-state index contributed by atoms with van der Waals surface area (Å²) < 4.78 is 27.9. The first-order chi connectivity index (χ1) is 14.7. The maximum Gasteiger partial charge on any atom is 0.261 e. The lowest BCUT2D eigenvalue weighted by atomic mass is 10.1. The molecule has 0 fully saturated rings. The van der Waals surface area contributed by atoms with Crippen LogP contribution in [0.25, 0.3) is 0 Å². The molecular weight excluding hydrogens is 414 g/mol. The molecule has 0 heterocycles. The fourth-order valence-corrected chi connectivity index (χ4v) is 4.06. The van der Waals surface area contributed by atoms with Crippen molar-refractivity contribution >= 4 is 38.9 Å². The molecular formula is C23H23N3O4S. The number of amides is 2. The predicted octanol–water partition coefficient (Wildman–Crippen LogP) is 4.31. The van der Waals surface area contributed by atoms with Crippen LogP contribution in [-0.4, -0.2) is 20.2 Å². The van der Waals surface area contributed by atoms with E-state index in [1.165, 1.54) is 31.2 Å². The van der Waals surface area contributed by atoms with Crippen LogP contribution in [0, 0.1) is 13.8 Å². The van der Waals surface area contributed by atoms with Gasteiger partial charge in [0.25, 0.3) is 15.9 Å². The van der Waals surface area contributed by atoms with E-state index < -0.39 is 15.9 Å². The van der Waals surface area contributed by atoms with Gasteiger partial charge in [-0.2, -0.15) is 0 Å². The Morgan fingerprint density at radius 2 is 1.45 bits per heavy atom. The zero-order valence-electron chi connectivity index (χ0n) is 17.4. The Bertz CT molecular complexity index is 1240. The van der Waals surface area contributed by atoms with Gasteiger partial charge in [-0.25, -0.2) is 8.42 Å². The maximum absolute atomic E-state index is 12.7. The zero-order chi connectivity index (χ0) is 22.6. The van der Waals surface area contributed by atoms with Crippen molar-refractivity contribution in [2.45, 2.75) is 25.7 Å². The van der Waals surface area contributed by atoms with Crippen LogP contribution in [0.3, 0.4) is 0 Å². The van der Waals surface area contributed by atoms with Gasteiger partial charge in [-0.05, 0) is 67.4 Å². The number of para-hydroxylation sites is 1. The summed E-state index contributed by atoms with van der Waals surface area (Å²) in [5, 5.41) is 5.43. The summed E-state index contributed by atoms with van der Waals surface area (Å²) in [5.41, 5.74) is 3.42. The molecule has 3 rings (SSSR count). The molecule has 2 amide bonds. The maximum atomic E-state index is 12.7. The van der Waals surface area contributed by atoms with Gasteiger partial charge in [0.15, 0.2) is 0 Å². The Kier molecular flexibility index (Phi) is 6.41. The zero-order valence-corrected chi connectivity index (χ0v) is 18.2. The van der Waals surface area contributed by atoms with Crippen LogP contribution in [0.5, 0.6) is 0 Å². The summed E-state index contributed by atoms with van der Waals surface area (Å²) in [7, 11) is -3.79. The van der Waals surface area contributed by atoms with Crippen LogP contribution in [0.15, 0.2) is 71.6 Å². The lowest BCUT2D eigenvalue weighted by Crippen LogP contribution is -2.16. The summed E-state index contributed by atoms with van der Waals surface area (Å²) in [5.74, 6) is -0.678. The highest BCUT2D eigenvalue weighted by Gasteiger charge is 2.17. The number of benzene rings is 3. The molecule has 0 radical (unpaired) electrons. The van der Waals surface area contributed by atoms with Crippen molar-refractivity contribution in [3.05, 3.63) is 83.4 Å². The average molecular weight is 438 g/mol. The molecule has 31 heavy (non-hydrogen) atoms. The molecule has 0 aliphatic carbocycles. The summed E-state index contributed by atoms with van der Waals surface area (Å²) in [4.78, 5) is 24.1. The smallest absolute Gasteiger partial charge is 0.261 e. The lowest BCUT2D eigenvalue weighted by molar-refractivity contribution is -0.114. The van der Waals surface area contributed by atoms with E-state index in [-0.39, 0.29) is 16.4 Å². The predicted molar refractivity (Wildman–Crippen MR) is 122 cm³/mol. The molecule has 8 heteroatoms. The van der Waals surface area contributed by atoms with E-state index in [9.17, 15) is 18.0 Å². The van der Waals surface area contributed by atoms with Gasteiger partial charge in [-0.1, -0.05) is 24.3 Å². The molecule has 3 N–H and O–H groups in total. The van der Waals surface area contributed by atoms with E-state index in [1.807, 2.05) is 32.0 Å². The molecule has 3 aromatic rings. The third-order valence-electron chi connectivity index (χ3n) is 4.55. The van der Waals surface area contributed by atoms with Gasteiger partial charge >= 0.3 is 0 Å². The molecule has 160 valence electrons. The second-order valence-electron chi connectivity index (χ2n) is 7.13. The molecule has 0 spiro atoms. The number of sulfonamides is 1. The van der Waals surface area contributed by atoms with Gasteiger partial charge in [-0.3, -0.25) is 14.3 Å². The number of anilines is 3. The second-order valence-corrected chi connectivity index (χ2v) is 8.81. The van der Waals surface area contributed by atoms with E-state index in [2.05, 4.69) is 15.4 Å². The standard InChI is InChI=1S/C23H23N3O4S/c1-15-8-13-21(24-17(3)27)22(14-15)25-23(28)18-9-11-19(12-10-18)31(29,30)26-20-7-5-4-6-16(20)2/h4-14,26H,1-3H3,(H,24,27)(H,25,28). The number of hydrogen-bond acceptors (Lipinski definition) is 4. The number of nitrogens with one attached hydrogen (secondary N) is 3. The van der Waals surface area contributed by atoms with E-state index >= 15 is 0 Å². The van der Waals surface area contributed by atoms with Gasteiger partial charge in [0, 0.05) is 12.5 Å². The van der Waals surface area contributed by atoms with Gasteiger partial charge in [-0.15, -0.1) is 0 Å². The highest BCUT2D eigenvalue weighted by Crippen LogP contribution is 2.24. The average Bonchev–Trinajstić information content (AvgIpc) is 2.71. The Morgan fingerprint density at radius 3 is 2.10 bits per heavy atom. The molecule has 0 aromatic heterocycles. The summed E-state index contributed by atoms with van der Waals surface area (Å²) >= 11 is 0. The van der Waals surface area contributed by atoms with Crippen molar-refractivity contribution in [3.63, 3.8) is 0 Å². The third kappa shape index (κ3) is 5.49. The molecule has 0 atom stereocenters. The molecule has 0 saturated heterocycles. The summed E-state index contributed by atoms with van der Waals surface area (Å²) in [6.45, 7) is 5.07. The van der Waals surface area contributed by atoms with E-state index in [0.717, 1.165) is 11.1 Å². The minimum Gasteiger partial charge on any atom is -0.325 e. The number of carbonyl (C=O) groups excluding carboxylic acids is 2. The lowest BCUT2D eigenvalue weighted by Gasteiger charge is -2.13. The minimum atomic E-state index is -3.79. The second kappa shape index (κ2) is 9.01. The Balaban J connectivity index is 1.79. The van der Waals surface area contributed by atoms with E-state index in [1.54, 1.807) is 24.3 Å². The largest absolute Gasteiger partial charge is 0.325 e. The fraction of sp³-hybridized carbons (Fsp3) is 0.130. The van der Waals surface area contributed by atoms with Gasteiger partial charge in [0.05, 0.1) is 22.0 Å². The Hall–Kier alpha value is -3.65. The third-order valence-corrected chi connectivity index (χ3v) is 5.93. The van der Waals surface area contributed by atoms with E-state index in [0.29, 0.717) is 17.1 Å². The van der Waals surface area contributed by atoms with Crippen molar-refractivity contribution in [1.82, 2.24) is 0 Å². The van der Waals surface area contributed by atoms with Gasteiger partial charge in [0.1, 0.15) is 0 Å². The van der Waals surface area contributed by atoms with Crippen LogP contribution in [0.4, 0.5) is 17.1 Å². The normalized spacial score (nSPS) is 10.9. The van der Waals surface area contributed by atoms with Crippen molar-refractivity contribution < 1.29 is 18.0 Å². The van der Waals surface area contributed by atoms with Crippen molar-refractivity contribution in [2.24, 2.45) is 0 Å². The molecule has 3 aromatic carbocycles. The van der Waals surface area contributed by atoms with Crippen LogP contribution >= 0.6 is 0 Å². The number of hydrogen-bond donors (Lipinski definition) is 3. The first-order valence-electron chi connectivity index (χ1n) is 9.54. The molecule has 0 unspecified atom stereocenters. The minimum absolute atomic E-state index is 0.0433.